The lowest BCUT2D eigenvalue weighted by Crippen LogP contribution is -2.13. The average molecular weight is 203 g/mol. The predicted molar refractivity (Wildman–Crippen MR) is 58.9 cm³/mol. The normalized spacial score (nSPS) is 25.2. The van der Waals surface area contributed by atoms with Crippen molar-refractivity contribution in [3.63, 3.8) is 0 Å². The first-order valence-electron chi connectivity index (χ1n) is 5.99. The fraction of sp³-hybridized carbons (Fsp3) is 0.667. The summed E-state index contributed by atoms with van der Waals surface area (Å²) >= 11 is 0. The summed E-state index contributed by atoms with van der Waals surface area (Å²) in [5.41, 5.74) is 3.72. The zero-order valence-corrected chi connectivity index (χ0v) is 9.00. The monoisotopic (exact) mass is 203 g/mol. The van der Waals surface area contributed by atoms with Gasteiger partial charge in [-0.25, -0.2) is 0 Å². The maximum atomic E-state index is 4.79. The molecule has 0 aromatic carbocycles. The molecule has 3 rings (SSSR count). The Bertz CT molecular complexity index is 356. The molecule has 0 radical (unpaired) electrons. The average Bonchev–Trinajstić information content (AvgIpc) is 2.82. The number of hydrogen-bond acceptors (Lipinski definition) is 3. The number of rotatable bonds is 1. The number of aryl methyl sites for hydroxylation is 2. The molecule has 80 valence electrons. The maximum absolute atomic E-state index is 4.79. The SMILES string of the molecule is c1nc2c(nc1C1CCNC1)CCCC2. The van der Waals surface area contributed by atoms with Crippen LogP contribution in [0.25, 0.3) is 0 Å². The summed E-state index contributed by atoms with van der Waals surface area (Å²) in [5.74, 6) is 0.602. The molecule has 1 aliphatic carbocycles. The van der Waals surface area contributed by atoms with Gasteiger partial charge < -0.3 is 5.32 Å². The third-order valence-electron chi connectivity index (χ3n) is 3.51. The Labute approximate surface area is 90.3 Å². The molecule has 0 amide bonds. The molecule has 0 bridgehead atoms. The van der Waals surface area contributed by atoms with Crippen LogP contribution in [0.5, 0.6) is 0 Å². The van der Waals surface area contributed by atoms with Gasteiger partial charge in [0.15, 0.2) is 0 Å². The van der Waals surface area contributed by atoms with E-state index in [9.17, 15) is 0 Å². The third kappa shape index (κ3) is 1.76. The first kappa shape index (κ1) is 9.28. The number of aromatic nitrogens is 2. The molecule has 2 aliphatic rings. The summed E-state index contributed by atoms with van der Waals surface area (Å²) in [5, 5.41) is 3.38. The van der Waals surface area contributed by atoms with Gasteiger partial charge in [0.2, 0.25) is 0 Å². The molecule has 1 unspecified atom stereocenters. The molecule has 3 heteroatoms. The number of fused-ring (bicyclic) bond motifs is 1. The van der Waals surface area contributed by atoms with Gasteiger partial charge in [-0.3, -0.25) is 9.97 Å². The fourth-order valence-electron chi connectivity index (χ4n) is 2.57. The van der Waals surface area contributed by atoms with E-state index < -0.39 is 0 Å². The number of nitrogens with zero attached hydrogens (tertiary/aromatic N) is 2. The zero-order chi connectivity index (χ0) is 10.1. The smallest absolute Gasteiger partial charge is 0.0634 e. The Kier molecular flexibility index (Phi) is 2.41. The summed E-state index contributed by atoms with van der Waals surface area (Å²) in [4.78, 5) is 9.37. The summed E-state index contributed by atoms with van der Waals surface area (Å²) in [6, 6.07) is 0. The Morgan fingerprint density at radius 1 is 1.20 bits per heavy atom. The highest BCUT2D eigenvalue weighted by molar-refractivity contribution is 5.19. The molecule has 0 spiro atoms. The Morgan fingerprint density at radius 2 is 2.07 bits per heavy atom. The number of hydrogen-bond donors (Lipinski definition) is 1. The van der Waals surface area contributed by atoms with Crippen molar-refractivity contribution >= 4 is 0 Å². The van der Waals surface area contributed by atoms with Crippen molar-refractivity contribution in [2.24, 2.45) is 0 Å². The lowest BCUT2D eigenvalue weighted by Gasteiger charge is -2.16. The van der Waals surface area contributed by atoms with Crippen molar-refractivity contribution in [2.45, 2.75) is 38.0 Å². The second-order valence-corrected chi connectivity index (χ2v) is 4.59. The third-order valence-corrected chi connectivity index (χ3v) is 3.51. The van der Waals surface area contributed by atoms with Crippen LogP contribution < -0.4 is 5.32 Å². The minimum Gasteiger partial charge on any atom is -0.316 e. The highest BCUT2D eigenvalue weighted by Crippen LogP contribution is 2.23. The largest absolute Gasteiger partial charge is 0.316 e. The molecule has 1 saturated heterocycles. The van der Waals surface area contributed by atoms with Crippen molar-refractivity contribution in [2.75, 3.05) is 13.1 Å². The van der Waals surface area contributed by atoms with E-state index in [2.05, 4.69) is 10.3 Å². The standard InChI is InChI=1S/C12H17N3/c1-2-4-11-10(3-1)14-8-12(15-11)9-5-6-13-7-9/h8-9,13H,1-7H2. The minimum absolute atomic E-state index is 0.602. The van der Waals surface area contributed by atoms with Crippen molar-refractivity contribution in [1.82, 2.24) is 15.3 Å². The summed E-state index contributed by atoms with van der Waals surface area (Å²) in [6.45, 7) is 2.21. The van der Waals surface area contributed by atoms with Gasteiger partial charge in [0.25, 0.3) is 0 Å². The first-order valence-corrected chi connectivity index (χ1v) is 5.99. The van der Waals surface area contributed by atoms with Crippen LogP contribution in [0.1, 0.15) is 42.3 Å². The van der Waals surface area contributed by atoms with Gasteiger partial charge >= 0.3 is 0 Å². The maximum Gasteiger partial charge on any atom is 0.0634 e. The van der Waals surface area contributed by atoms with Gasteiger partial charge in [0.05, 0.1) is 17.1 Å². The van der Waals surface area contributed by atoms with E-state index in [0.29, 0.717) is 5.92 Å². The Hall–Kier alpha value is -0.960. The highest BCUT2D eigenvalue weighted by atomic mass is 14.9. The van der Waals surface area contributed by atoms with Crippen molar-refractivity contribution in [1.29, 1.82) is 0 Å². The molecule has 1 N–H and O–H groups in total. The van der Waals surface area contributed by atoms with Crippen molar-refractivity contribution < 1.29 is 0 Å². The van der Waals surface area contributed by atoms with Crippen LogP contribution in [0.3, 0.4) is 0 Å². The molecule has 2 heterocycles. The van der Waals surface area contributed by atoms with Crippen molar-refractivity contribution in [3.8, 4) is 0 Å². The summed E-state index contributed by atoms with van der Waals surface area (Å²) < 4.78 is 0. The number of nitrogens with one attached hydrogen (secondary N) is 1. The van der Waals surface area contributed by atoms with Gasteiger partial charge in [-0.15, -0.1) is 0 Å². The summed E-state index contributed by atoms with van der Waals surface area (Å²) in [6.07, 6.45) is 8.05. The molecule has 1 atom stereocenters. The minimum atomic E-state index is 0.602. The van der Waals surface area contributed by atoms with Crippen LogP contribution in [0.2, 0.25) is 0 Å². The van der Waals surface area contributed by atoms with Crippen LogP contribution in [-0.4, -0.2) is 23.1 Å². The fourth-order valence-corrected chi connectivity index (χ4v) is 2.57. The van der Waals surface area contributed by atoms with Crippen LogP contribution in [0.15, 0.2) is 6.20 Å². The zero-order valence-electron chi connectivity index (χ0n) is 9.00. The van der Waals surface area contributed by atoms with Crippen molar-refractivity contribution in [3.05, 3.63) is 23.3 Å². The molecule has 1 aliphatic heterocycles. The summed E-state index contributed by atoms with van der Waals surface area (Å²) in [7, 11) is 0. The van der Waals surface area contributed by atoms with Crippen LogP contribution >= 0.6 is 0 Å². The Morgan fingerprint density at radius 3 is 2.87 bits per heavy atom. The second-order valence-electron chi connectivity index (χ2n) is 4.59. The second kappa shape index (κ2) is 3.89. The van der Waals surface area contributed by atoms with Crippen LogP contribution in [0, 0.1) is 0 Å². The van der Waals surface area contributed by atoms with E-state index in [1.807, 2.05) is 6.20 Å². The van der Waals surface area contributed by atoms with E-state index in [4.69, 9.17) is 4.98 Å². The molecule has 3 nitrogen and oxygen atoms in total. The Balaban J connectivity index is 1.89. The van der Waals surface area contributed by atoms with E-state index in [-0.39, 0.29) is 0 Å². The quantitative estimate of drug-likeness (QED) is 0.750. The molecule has 15 heavy (non-hydrogen) atoms. The molecular formula is C12H17N3. The van der Waals surface area contributed by atoms with Crippen LogP contribution in [-0.2, 0) is 12.8 Å². The molecule has 0 saturated carbocycles. The van der Waals surface area contributed by atoms with Gasteiger partial charge in [-0.2, -0.15) is 0 Å². The van der Waals surface area contributed by atoms with E-state index in [0.717, 1.165) is 25.9 Å². The van der Waals surface area contributed by atoms with Gasteiger partial charge in [0, 0.05) is 18.7 Å². The van der Waals surface area contributed by atoms with E-state index >= 15 is 0 Å². The van der Waals surface area contributed by atoms with E-state index in [1.165, 1.54) is 36.3 Å². The topological polar surface area (TPSA) is 37.8 Å². The van der Waals surface area contributed by atoms with Gasteiger partial charge in [-0.05, 0) is 38.6 Å². The van der Waals surface area contributed by atoms with E-state index in [1.54, 1.807) is 0 Å². The molecule has 1 aromatic heterocycles. The lowest BCUT2D eigenvalue weighted by atomic mass is 9.99. The predicted octanol–water partition coefficient (Wildman–Crippen LogP) is 1.43. The van der Waals surface area contributed by atoms with Gasteiger partial charge in [-0.1, -0.05) is 0 Å². The first-order chi connectivity index (χ1) is 7.43. The lowest BCUT2D eigenvalue weighted by molar-refractivity contribution is 0.629. The molecule has 1 aromatic rings. The highest BCUT2D eigenvalue weighted by Gasteiger charge is 2.20. The van der Waals surface area contributed by atoms with Gasteiger partial charge in [0.1, 0.15) is 0 Å². The molecular weight excluding hydrogens is 186 g/mol. The van der Waals surface area contributed by atoms with Crippen LogP contribution in [0.4, 0.5) is 0 Å². The molecule has 1 fully saturated rings.